The number of anilines is 1. The summed E-state index contributed by atoms with van der Waals surface area (Å²) in [4.78, 5) is 18.4. The van der Waals surface area contributed by atoms with E-state index in [4.69, 9.17) is 5.73 Å². The number of aryl methyl sites for hydroxylation is 2. The van der Waals surface area contributed by atoms with Gasteiger partial charge < -0.3 is 16.0 Å². The molecule has 1 aliphatic carbocycles. The summed E-state index contributed by atoms with van der Waals surface area (Å²) in [7, 11) is 4.24. The van der Waals surface area contributed by atoms with E-state index in [-0.39, 0.29) is 5.54 Å². The van der Waals surface area contributed by atoms with Crippen LogP contribution in [0.4, 0.5) is 5.82 Å². The summed E-state index contributed by atoms with van der Waals surface area (Å²) in [5, 5.41) is 3.37. The second kappa shape index (κ2) is 6.02. The molecule has 5 nitrogen and oxygen atoms in total. The van der Waals surface area contributed by atoms with Gasteiger partial charge in [0, 0.05) is 17.8 Å². The highest BCUT2D eigenvalue weighted by Gasteiger charge is 2.36. The fourth-order valence-corrected chi connectivity index (χ4v) is 3.09. The lowest BCUT2D eigenvalue weighted by molar-refractivity contribution is 0.100. The van der Waals surface area contributed by atoms with Gasteiger partial charge >= 0.3 is 0 Å². The van der Waals surface area contributed by atoms with Crippen LogP contribution in [0.1, 0.15) is 47.3 Å². The predicted molar refractivity (Wildman–Crippen MR) is 85.6 cm³/mol. The van der Waals surface area contributed by atoms with Gasteiger partial charge in [0.05, 0.1) is 5.56 Å². The zero-order chi connectivity index (χ0) is 15.6. The lowest BCUT2D eigenvalue weighted by atomic mass is 9.96. The molecule has 1 saturated carbocycles. The average Bonchev–Trinajstić information content (AvgIpc) is 2.89. The second-order valence-electron chi connectivity index (χ2n) is 6.33. The number of hydrogen-bond acceptors (Lipinski definition) is 4. The molecule has 0 unspecified atom stereocenters. The summed E-state index contributed by atoms with van der Waals surface area (Å²) < 4.78 is 0. The standard InChI is InChI=1S/C16H26N4O/c1-11-9-13(14(17)21)15(19-12(11)2)18-10-16(20(3)4)7-5-6-8-16/h9H,5-8,10H2,1-4H3,(H2,17,21)(H,18,19). The summed E-state index contributed by atoms with van der Waals surface area (Å²) in [5.74, 6) is 0.178. The lowest BCUT2D eigenvalue weighted by Gasteiger charge is -2.36. The SMILES string of the molecule is Cc1cc(C(N)=O)c(NCC2(N(C)C)CCCC2)nc1C. The van der Waals surface area contributed by atoms with Gasteiger partial charge in [-0.2, -0.15) is 0 Å². The smallest absolute Gasteiger partial charge is 0.252 e. The van der Waals surface area contributed by atoms with Gasteiger partial charge in [-0.1, -0.05) is 12.8 Å². The number of rotatable bonds is 5. The third kappa shape index (κ3) is 3.18. The topological polar surface area (TPSA) is 71.2 Å². The van der Waals surface area contributed by atoms with Crippen LogP contribution in [-0.4, -0.2) is 42.0 Å². The average molecular weight is 290 g/mol. The number of carbonyl (C=O) groups is 1. The van der Waals surface area contributed by atoms with Crippen LogP contribution in [0.15, 0.2) is 6.07 Å². The third-order valence-electron chi connectivity index (χ3n) is 4.80. The van der Waals surface area contributed by atoms with E-state index in [1.807, 2.05) is 19.9 Å². The molecule has 2 rings (SSSR count). The largest absolute Gasteiger partial charge is 0.368 e. The summed E-state index contributed by atoms with van der Waals surface area (Å²) >= 11 is 0. The van der Waals surface area contributed by atoms with Crippen molar-refractivity contribution in [3.63, 3.8) is 0 Å². The van der Waals surface area contributed by atoms with E-state index in [1.54, 1.807) is 0 Å². The van der Waals surface area contributed by atoms with Crippen LogP contribution >= 0.6 is 0 Å². The van der Waals surface area contributed by atoms with E-state index in [2.05, 4.69) is 29.3 Å². The molecule has 0 radical (unpaired) electrons. The Bertz CT molecular complexity index is 533. The molecular weight excluding hydrogens is 264 g/mol. The molecule has 0 aromatic carbocycles. The lowest BCUT2D eigenvalue weighted by Crippen LogP contribution is -2.47. The Hall–Kier alpha value is -1.62. The maximum atomic E-state index is 11.6. The molecule has 0 aliphatic heterocycles. The van der Waals surface area contributed by atoms with Gasteiger partial charge in [0.15, 0.2) is 0 Å². The number of nitrogens with zero attached hydrogens (tertiary/aromatic N) is 2. The molecule has 21 heavy (non-hydrogen) atoms. The molecule has 1 aromatic rings. The number of hydrogen-bond donors (Lipinski definition) is 2. The van der Waals surface area contributed by atoms with Gasteiger partial charge in [-0.15, -0.1) is 0 Å². The van der Waals surface area contributed by atoms with Crippen LogP contribution in [0.3, 0.4) is 0 Å². The highest BCUT2D eigenvalue weighted by Crippen LogP contribution is 2.34. The van der Waals surface area contributed by atoms with E-state index in [1.165, 1.54) is 25.7 Å². The van der Waals surface area contributed by atoms with Crippen molar-refractivity contribution in [2.75, 3.05) is 26.0 Å². The Morgan fingerprint density at radius 2 is 2.00 bits per heavy atom. The van der Waals surface area contributed by atoms with Gasteiger partial charge in [-0.25, -0.2) is 4.98 Å². The van der Waals surface area contributed by atoms with E-state index in [0.29, 0.717) is 11.4 Å². The van der Waals surface area contributed by atoms with Crippen molar-refractivity contribution in [3.8, 4) is 0 Å². The van der Waals surface area contributed by atoms with Crippen molar-refractivity contribution >= 4 is 11.7 Å². The summed E-state index contributed by atoms with van der Waals surface area (Å²) in [6.07, 6.45) is 4.85. The molecule has 3 N–H and O–H groups in total. The van der Waals surface area contributed by atoms with Gasteiger partial charge in [0.1, 0.15) is 5.82 Å². The van der Waals surface area contributed by atoms with Gasteiger partial charge in [-0.3, -0.25) is 4.79 Å². The van der Waals surface area contributed by atoms with Crippen molar-refractivity contribution in [2.24, 2.45) is 5.73 Å². The summed E-state index contributed by atoms with van der Waals surface area (Å²) in [6, 6.07) is 1.82. The molecule has 1 fully saturated rings. The number of carbonyl (C=O) groups excluding carboxylic acids is 1. The number of amides is 1. The quantitative estimate of drug-likeness (QED) is 0.871. The molecule has 0 atom stereocenters. The number of nitrogens with one attached hydrogen (secondary N) is 1. The maximum absolute atomic E-state index is 11.6. The minimum Gasteiger partial charge on any atom is -0.368 e. The van der Waals surface area contributed by atoms with Crippen molar-refractivity contribution in [3.05, 3.63) is 22.9 Å². The number of primary amides is 1. The number of nitrogens with two attached hydrogens (primary N) is 1. The molecule has 0 bridgehead atoms. The van der Waals surface area contributed by atoms with Gasteiger partial charge in [-0.05, 0) is 52.4 Å². The van der Waals surface area contributed by atoms with Crippen molar-refractivity contribution in [1.29, 1.82) is 0 Å². The zero-order valence-electron chi connectivity index (χ0n) is 13.5. The van der Waals surface area contributed by atoms with E-state index >= 15 is 0 Å². The normalized spacial score (nSPS) is 17.2. The minimum atomic E-state index is -0.432. The first kappa shape index (κ1) is 15.8. The predicted octanol–water partition coefficient (Wildman–Crippen LogP) is 2.08. The third-order valence-corrected chi connectivity index (χ3v) is 4.80. The Labute approximate surface area is 126 Å². The molecule has 1 aromatic heterocycles. The van der Waals surface area contributed by atoms with Crippen LogP contribution in [0.2, 0.25) is 0 Å². The van der Waals surface area contributed by atoms with E-state index < -0.39 is 5.91 Å². The van der Waals surface area contributed by atoms with Crippen LogP contribution in [0.5, 0.6) is 0 Å². The van der Waals surface area contributed by atoms with E-state index in [9.17, 15) is 4.79 Å². The van der Waals surface area contributed by atoms with Crippen molar-refractivity contribution in [1.82, 2.24) is 9.88 Å². The maximum Gasteiger partial charge on any atom is 0.252 e. The number of likely N-dealkylation sites (N-methyl/N-ethyl adjacent to an activating group) is 1. The first-order valence-corrected chi connectivity index (χ1v) is 7.55. The Morgan fingerprint density at radius 1 is 1.38 bits per heavy atom. The molecule has 1 amide bonds. The molecule has 0 spiro atoms. The van der Waals surface area contributed by atoms with Crippen LogP contribution in [0.25, 0.3) is 0 Å². The fraction of sp³-hybridized carbons (Fsp3) is 0.625. The minimum absolute atomic E-state index is 0.148. The summed E-state index contributed by atoms with van der Waals surface area (Å²) in [6.45, 7) is 4.68. The Kier molecular flexibility index (Phi) is 4.52. The highest BCUT2D eigenvalue weighted by atomic mass is 16.1. The van der Waals surface area contributed by atoms with Crippen LogP contribution < -0.4 is 11.1 Å². The molecule has 116 valence electrons. The highest BCUT2D eigenvalue weighted by molar-refractivity contribution is 5.97. The Balaban J connectivity index is 2.23. The van der Waals surface area contributed by atoms with Gasteiger partial charge in [0.2, 0.25) is 0 Å². The number of pyridine rings is 1. The fourth-order valence-electron chi connectivity index (χ4n) is 3.09. The molecule has 5 heteroatoms. The summed E-state index contributed by atoms with van der Waals surface area (Å²) in [5.41, 5.74) is 8.01. The first-order chi connectivity index (χ1) is 9.85. The Morgan fingerprint density at radius 3 is 2.52 bits per heavy atom. The number of aromatic nitrogens is 1. The zero-order valence-corrected chi connectivity index (χ0v) is 13.5. The van der Waals surface area contributed by atoms with Gasteiger partial charge in [0.25, 0.3) is 5.91 Å². The first-order valence-electron chi connectivity index (χ1n) is 7.55. The van der Waals surface area contributed by atoms with Crippen molar-refractivity contribution in [2.45, 2.75) is 45.1 Å². The monoisotopic (exact) mass is 290 g/mol. The van der Waals surface area contributed by atoms with Crippen molar-refractivity contribution < 1.29 is 4.79 Å². The molecule has 1 aliphatic rings. The van der Waals surface area contributed by atoms with E-state index in [0.717, 1.165) is 17.8 Å². The molecule has 0 saturated heterocycles. The second-order valence-corrected chi connectivity index (χ2v) is 6.33. The van der Waals surface area contributed by atoms with Crippen LogP contribution in [-0.2, 0) is 0 Å². The van der Waals surface area contributed by atoms with Crippen LogP contribution in [0, 0.1) is 13.8 Å². The molecular formula is C16H26N4O. The molecule has 1 heterocycles.